The van der Waals surface area contributed by atoms with Crippen molar-refractivity contribution in [1.82, 2.24) is 0 Å². The third-order valence-electron chi connectivity index (χ3n) is 4.45. The lowest BCUT2D eigenvalue weighted by Gasteiger charge is -2.20. The van der Waals surface area contributed by atoms with Crippen molar-refractivity contribution in [3.63, 3.8) is 0 Å². The molecule has 23 heavy (non-hydrogen) atoms. The van der Waals surface area contributed by atoms with E-state index >= 15 is 0 Å². The number of carboxylic acid groups (broad SMARTS) is 1. The van der Waals surface area contributed by atoms with Crippen LogP contribution >= 0.6 is 15.9 Å². The fourth-order valence-corrected chi connectivity index (χ4v) is 3.96. The minimum absolute atomic E-state index is 0.100. The molecule has 0 saturated carbocycles. The molecule has 6 heteroatoms. The number of ether oxygens (including phenoxy) is 1. The highest BCUT2D eigenvalue weighted by Crippen LogP contribution is 2.35. The van der Waals surface area contributed by atoms with E-state index in [0.717, 1.165) is 41.1 Å². The van der Waals surface area contributed by atoms with E-state index in [1.807, 2.05) is 19.9 Å². The molecule has 0 aliphatic carbocycles. The number of rotatable bonds is 4. The van der Waals surface area contributed by atoms with Crippen LogP contribution in [0.15, 0.2) is 15.0 Å². The zero-order valence-electron chi connectivity index (χ0n) is 13.3. The minimum atomic E-state index is -1.16. The Morgan fingerprint density at radius 3 is 2.91 bits per heavy atom. The summed E-state index contributed by atoms with van der Waals surface area (Å²) in [6, 6.07) is 1.85. The number of aryl methyl sites for hydroxylation is 1. The third kappa shape index (κ3) is 3.03. The third-order valence-corrected chi connectivity index (χ3v) is 5.15. The molecule has 1 aliphatic rings. The lowest BCUT2D eigenvalue weighted by molar-refractivity contribution is -0.677. The van der Waals surface area contributed by atoms with Gasteiger partial charge in [-0.25, -0.2) is 0 Å². The van der Waals surface area contributed by atoms with Crippen molar-refractivity contribution >= 4 is 32.9 Å². The first-order valence-corrected chi connectivity index (χ1v) is 8.70. The van der Waals surface area contributed by atoms with Gasteiger partial charge < -0.3 is 24.4 Å². The Morgan fingerprint density at radius 2 is 2.30 bits per heavy atom. The van der Waals surface area contributed by atoms with E-state index in [1.165, 1.54) is 0 Å². The molecule has 1 saturated heterocycles. The normalized spacial score (nSPS) is 18.5. The van der Waals surface area contributed by atoms with Gasteiger partial charge in [0.15, 0.2) is 0 Å². The van der Waals surface area contributed by atoms with Crippen LogP contribution in [0.25, 0.3) is 11.0 Å². The number of nitrogens with two attached hydrogens (primary N) is 1. The summed E-state index contributed by atoms with van der Waals surface area (Å²) >= 11 is 3.45. The second-order valence-electron chi connectivity index (χ2n) is 5.89. The maximum atomic E-state index is 11.7. The molecule has 1 fully saturated rings. The summed E-state index contributed by atoms with van der Waals surface area (Å²) in [5, 5.41) is 14.6. The summed E-state index contributed by atoms with van der Waals surface area (Å²) in [7, 11) is 0. The van der Waals surface area contributed by atoms with Gasteiger partial charge in [-0.2, -0.15) is 0 Å². The Balaban J connectivity index is 2.10. The molecule has 2 aromatic rings. The van der Waals surface area contributed by atoms with E-state index in [1.54, 1.807) is 0 Å². The van der Waals surface area contributed by atoms with Crippen LogP contribution in [0.3, 0.4) is 0 Å². The van der Waals surface area contributed by atoms with Crippen molar-refractivity contribution in [3.8, 4) is 0 Å². The van der Waals surface area contributed by atoms with Crippen molar-refractivity contribution in [2.75, 3.05) is 19.7 Å². The summed E-state index contributed by atoms with van der Waals surface area (Å²) < 4.78 is 12.5. The van der Waals surface area contributed by atoms with Crippen LogP contribution in [0.2, 0.25) is 0 Å². The first-order chi connectivity index (χ1) is 11.0. The summed E-state index contributed by atoms with van der Waals surface area (Å²) in [5.41, 5.74) is 2.44. The summed E-state index contributed by atoms with van der Waals surface area (Å²) in [6.07, 6.45) is 1.37. The Labute approximate surface area is 143 Å². The lowest BCUT2D eigenvalue weighted by atomic mass is 9.97. The fourth-order valence-electron chi connectivity index (χ4n) is 3.27. The van der Waals surface area contributed by atoms with Crippen LogP contribution in [0.1, 0.15) is 34.2 Å². The van der Waals surface area contributed by atoms with Crippen LogP contribution in [-0.2, 0) is 17.6 Å². The van der Waals surface area contributed by atoms with Crippen molar-refractivity contribution in [2.24, 2.45) is 0 Å². The highest BCUT2D eigenvalue weighted by atomic mass is 79.9. The number of hydrogen-bond acceptors (Lipinski definition) is 4. The van der Waals surface area contributed by atoms with Gasteiger partial charge in [0.1, 0.15) is 24.0 Å². The Hall–Kier alpha value is -1.37. The van der Waals surface area contributed by atoms with Gasteiger partial charge in [-0.05, 0) is 30.5 Å². The molecule has 1 aliphatic heterocycles. The van der Waals surface area contributed by atoms with Gasteiger partial charge in [0, 0.05) is 21.8 Å². The van der Waals surface area contributed by atoms with E-state index in [9.17, 15) is 9.90 Å². The van der Waals surface area contributed by atoms with Gasteiger partial charge in [-0.1, -0.05) is 22.9 Å². The monoisotopic (exact) mass is 381 g/mol. The largest absolute Gasteiger partial charge is 0.545 e. The molecule has 0 spiro atoms. The van der Waals surface area contributed by atoms with Crippen LogP contribution < -0.4 is 10.4 Å². The predicted molar refractivity (Wildman–Crippen MR) is 87.5 cm³/mol. The van der Waals surface area contributed by atoms with Gasteiger partial charge in [0.25, 0.3) is 0 Å². The number of quaternary nitrogens is 1. The molecule has 0 radical (unpaired) electrons. The number of halogens is 1. The molecular formula is C17H20BrNO4. The average molecular weight is 382 g/mol. The number of aromatic carboxylic acids is 1. The van der Waals surface area contributed by atoms with Gasteiger partial charge in [0.2, 0.25) is 0 Å². The molecule has 3 rings (SSSR count). The van der Waals surface area contributed by atoms with E-state index in [-0.39, 0.29) is 11.7 Å². The molecule has 1 aromatic carbocycles. The second kappa shape index (κ2) is 6.63. The van der Waals surface area contributed by atoms with Gasteiger partial charge in [0.05, 0.1) is 19.1 Å². The van der Waals surface area contributed by atoms with Gasteiger partial charge in [-0.15, -0.1) is 0 Å². The average Bonchev–Trinajstić information content (AvgIpc) is 2.82. The van der Waals surface area contributed by atoms with Crippen LogP contribution in [0.4, 0.5) is 0 Å². The maximum absolute atomic E-state index is 11.7. The van der Waals surface area contributed by atoms with E-state index in [0.29, 0.717) is 23.8 Å². The van der Waals surface area contributed by atoms with Crippen LogP contribution in [0, 0.1) is 6.92 Å². The number of carbonyl (C=O) groups is 1. The van der Waals surface area contributed by atoms with Crippen molar-refractivity contribution in [1.29, 1.82) is 0 Å². The first-order valence-electron chi connectivity index (χ1n) is 7.90. The molecule has 2 heterocycles. The van der Waals surface area contributed by atoms with Crippen molar-refractivity contribution in [2.45, 2.75) is 32.8 Å². The Bertz CT molecular complexity index is 747. The SMILES string of the molecule is CCc1c(Br)cc2oc(CC3C[NH2+]CCO3)c(C)c2c1C(=O)[O-]. The predicted octanol–water partition coefficient (Wildman–Crippen LogP) is 0.934. The standard InChI is InChI=1S/C17H20BrNO4/c1-3-11-12(18)7-14-15(16(11)17(20)21)9(2)13(23-14)6-10-8-19-4-5-22-10/h7,10,19H,3-6,8H2,1-2H3,(H,20,21). The summed E-state index contributed by atoms with van der Waals surface area (Å²) in [5.74, 6) is -0.367. The molecule has 0 amide bonds. The number of fused-ring (bicyclic) bond motifs is 1. The smallest absolute Gasteiger partial charge is 0.136 e. The number of benzene rings is 1. The molecule has 1 atom stereocenters. The van der Waals surface area contributed by atoms with E-state index in [2.05, 4.69) is 21.2 Å². The van der Waals surface area contributed by atoms with Crippen LogP contribution in [-0.4, -0.2) is 31.8 Å². The van der Waals surface area contributed by atoms with Crippen molar-refractivity contribution in [3.05, 3.63) is 33.0 Å². The van der Waals surface area contributed by atoms with E-state index < -0.39 is 5.97 Å². The number of carboxylic acids is 1. The minimum Gasteiger partial charge on any atom is -0.545 e. The van der Waals surface area contributed by atoms with Gasteiger partial charge >= 0.3 is 0 Å². The zero-order chi connectivity index (χ0) is 16.6. The summed E-state index contributed by atoms with van der Waals surface area (Å²) in [6.45, 7) is 6.46. The molecular weight excluding hydrogens is 362 g/mol. The van der Waals surface area contributed by atoms with Gasteiger partial charge in [-0.3, -0.25) is 0 Å². The number of hydrogen-bond donors (Lipinski definition) is 1. The fraction of sp³-hybridized carbons (Fsp3) is 0.471. The van der Waals surface area contributed by atoms with Crippen LogP contribution in [0.5, 0.6) is 0 Å². The number of carbonyl (C=O) groups excluding carboxylic acids is 1. The Kier molecular flexibility index (Phi) is 4.75. The zero-order valence-corrected chi connectivity index (χ0v) is 14.9. The first kappa shape index (κ1) is 16.5. The lowest BCUT2D eigenvalue weighted by Crippen LogP contribution is -2.89. The number of morpholine rings is 1. The Morgan fingerprint density at radius 1 is 1.52 bits per heavy atom. The molecule has 124 valence electrons. The molecule has 5 nitrogen and oxygen atoms in total. The van der Waals surface area contributed by atoms with Crippen molar-refractivity contribution < 1.29 is 24.4 Å². The highest BCUT2D eigenvalue weighted by Gasteiger charge is 2.23. The van der Waals surface area contributed by atoms with E-state index in [4.69, 9.17) is 9.15 Å². The molecule has 1 unspecified atom stereocenters. The highest BCUT2D eigenvalue weighted by molar-refractivity contribution is 9.10. The maximum Gasteiger partial charge on any atom is 0.136 e. The molecule has 2 N–H and O–H groups in total. The molecule has 0 bridgehead atoms. The number of furan rings is 1. The second-order valence-corrected chi connectivity index (χ2v) is 6.74. The topological polar surface area (TPSA) is 79.1 Å². The molecule has 1 aromatic heterocycles. The quantitative estimate of drug-likeness (QED) is 0.854. The summed E-state index contributed by atoms with van der Waals surface area (Å²) in [4.78, 5) is 11.7.